The molecule has 3 aromatic heterocycles. The van der Waals surface area contributed by atoms with Crippen molar-refractivity contribution in [3.05, 3.63) is 64.6 Å². The first kappa shape index (κ1) is 22.9. The van der Waals surface area contributed by atoms with E-state index in [9.17, 15) is 22.5 Å². The molecule has 0 saturated heterocycles. The van der Waals surface area contributed by atoms with E-state index >= 15 is 0 Å². The molecule has 0 aliphatic rings. The van der Waals surface area contributed by atoms with Crippen LogP contribution in [0.1, 0.15) is 5.69 Å². The number of nitrogens with one attached hydrogen (secondary N) is 1. The molecule has 0 radical (unpaired) electrons. The van der Waals surface area contributed by atoms with Gasteiger partial charge in [0.25, 0.3) is 5.56 Å². The lowest BCUT2D eigenvalue weighted by Gasteiger charge is -2.11. The number of aromatic amines is 1. The Balaban J connectivity index is 1.92. The molecule has 0 unspecified atom stereocenters. The fourth-order valence-electron chi connectivity index (χ4n) is 3.92. The van der Waals surface area contributed by atoms with Gasteiger partial charge in [-0.15, -0.1) is 0 Å². The fourth-order valence-corrected chi connectivity index (χ4v) is 4.98. The maximum Gasteiger partial charge on any atom is 0.433 e. The number of nitrogens with zero attached hydrogens (tertiary/aromatic N) is 3. The molecule has 0 bridgehead atoms. The molecule has 35 heavy (non-hydrogen) atoms. The topological polar surface area (TPSA) is 102 Å². The van der Waals surface area contributed by atoms with Gasteiger partial charge in [-0.25, -0.2) is 9.97 Å². The average molecular weight is 502 g/mol. The van der Waals surface area contributed by atoms with Gasteiger partial charge in [-0.2, -0.15) is 17.7 Å². The summed E-state index contributed by atoms with van der Waals surface area (Å²) < 4.78 is 67.0. The van der Waals surface area contributed by atoms with Crippen LogP contribution in [0.25, 0.3) is 39.3 Å². The maximum absolute atomic E-state index is 14.0. The maximum atomic E-state index is 14.0. The Morgan fingerprint density at radius 1 is 1.03 bits per heavy atom. The number of fused-ring (bicyclic) bond motifs is 2. The highest BCUT2D eigenvalue weighted by atomic mass is 31.2. The van der Waals surface area contributed by atoms with Gasteiger partial charge in [0.15, 0.2) is 16.7 Å². The molecule has 5 aromatic rings. The molecule has 0 atom stereocenters. The van der Waals surface area contributed by atoms with Crippen LogP contribution in [0.3, 0.4) is 0 Å². The molecule has 0 fully saturated rings. The first-order chi connectivity index (χ1) is 16.5. The molecule has 0 amide bonds. The van der Waals surface area contributed by atoms with Crippen LogP contribution in [0.4, 0.5) is 13.2 Å². The number of halogens is 3. The first-order valence-corrected chi connectivity index (χ1v) is 12.9. The van der Waals surface area contributed by atoms with E-state index in [0.29, 0.717) is 15.8 Å². The second-order valence-electron chi connectivity index (χ2n) is 8.18. The third-order valence-corrected chi connectivity index (χ3v) is 6.78. The number of H-pyrrole nitrogens is 1. The Morgan fingerprint density at radius 2 is 1.74 bits per heavy atom. The molecule has 0 aliphatic carbocycles. The highest BCUT2D eigenvalue weighted by molar-refractivity contribution is 7.70. The van der Waals surface area contributed by atoms with Crippen molar-refractivity contribution in [1.82, 2.24) is 19.6 Å². The Bertz CT molecular complexity index is 1700. The lowest BCUT2D eigenvalue weighted by atomic mass is 10.1. The lowest BCUT2D eigenvalue weighted by Crippen LogP contribution is -2.28. The van der Waals surface area contributed by atoms with Crippen LogP contribution in [-0.4, -0.2) is 40.0 Å². The number of para-hydroxylation sites is 1. The van der Waals surface area contributed by atoms with Gasteiger partial charge in [0.2, 0.25) is 5.89 Å². The Morgan fingerprint density at radius 3 is 2.37 bits per heavy atom. The molecule has 0 saturated carbocycles. The number of benzene rings is 2. The molecule has 0 spiro atoms. The van der Waals surface area contributed by atoms with Crippen LogP contribution >= 0.6 is 7.14 Å². The van der Waals surface area contributed by atoms with Crippen molar-refractivity contribution in [2.45, 2.75) is 6.18 Å². The average Bonchev–Trinajstić information content (AvgIpc) is 3.40. The van der Waals surface area contributed by atoms with Crippen LogP contribution in [0, 0.1) is 0 Å². The van der Waals surface area contributed by atoms with E-state index in [1.165, 1.54) is 32.6 Å². The van der Waals surface area contributed by atoms with Gasteiger partial charge in [0.05, 0.1) is 12.7 Å². The third kappa shape index (κ3) is 3.72. The number of hydrogen-bond donors (Lipinski definition) is 1. The summed E-state index contributed by atoms with van der Waals surface area (Å²) in [5, 5.41) is 2.15. The van der Waals surface area contributed by atoms with E-state index in [-0.39, 0.29) is 39.2 Å². The number of ether oxygens (including phenoxy) is 1. The van der Waals surface area contributed by atoms with E-state index in [2.05, 4.69) is 15.1 Å². The summed E-state index contributed by atoms with van der Waals surface area (Å²) >= 11 is 0. The molecule has 1 N–H and O–H groups in total. The Hall–Kier alpha value is -3.85. The number of aromatic nitrogens is 4. The normalized spacial score (nSPS) is 12.5. The van der Waals surface area contributed by atoms with E-state index < -0.39 is 24.6 Å². The third-order valence-electron chi connectivity index (χ3n) is 5.43. The zero-order valence-corrected chi connectivity index (χ0v) is 19.6. The van der Waals surface area contributed by atoms with Crippen molar-refractivity contribution in [2.75, 3.05) is 20.4 Å². The molecular weight excluding hydrogens is 484 g/mol. The van der Waals surface area contributed by atoms with E-state index in [1.54, 1.807) is 36.4 Å². The van der Waals surface area contributed by atoms with Crippen molar-refractivity contribution >= 4 is 29.3 Å². The number of methoxy groups -OCH3 is 1. The molecule has 5 rings (SSSR count). The van der Waals surface area contributed by atoms with Crippen LogP contribution in [0.5, 0.6) is 5.75 Å². The quantitative estimate of drug-likeness (QED) is 0.355. The Labute approximate surface area is 195 Å². The summed E-state index contributed by atoms with van der Waals surface area (Å²) in [5.41, 5.74) is -2.40. The summed E-state index contributed by atoms with van der Waals surface area (Å²) in [5.74, 6) is 0.148. The number of alkyl halides is 3. The molecule has 180 valence electrons. The highest BCUT2D eigenvalue weighted by Gasteiger charge is 2.39. The number of hydrogen-bond acceptors (Lipinski definition) is 6. The van der Waals surface area contributed by atoms with E-state index in [1.807, 2.05) is 0 Å². The number of oxazole rings is 1. The van der Waals surface area contributed by atoms with E-state index in [0.717, 1.165) is 0 Å². The molecular formula is C23H18F3N4O4P. The summed E-state index contributed by atoms with van der Waals surface area (Å²) in [4.78, 5) is 22.3. The van der Waals surface area contributed by atoms with Crippen LogP contribution in [-0.2, 0) is 10.7 Å². The second-order valence-corrected chi connectivity index (χ2v) is 11.3. The molecule has 8 nitrogen and oxygen atoms in total. The van der Waals surface area contributed by atoms with Crippen molar-refractivity contribution in [3.63, 3.8) is 0 Å². The minimum absolute atomic E-state index is 0.182. The largest absolute Gasteiger partial charge is 0.494 e. The van der Waals surface area contributed by atoms with Gasteiger partial charge >= 0.3 is 6.18 Å². The van der Waals surface area contributed by atoms with E-state index in [4.69, 9.17) is 9.15 Å². The monoisotopic (exact) mass is 502 g/mol. The molecule has 3 heterocycles. The van der Waals surface area contributed by atoms with Gasteiger partial charge < -0.3 is 13.7 Å². The summed E-state index contributed by atoms with van der Waals surface area (Å²) in [6.45, 7) is 2.75. The van der Waals surface area contributed by atoms with Crippen molar-refractivity contribution in [3.8, 4) is 28.3 Å². The van der Waals surface area contributed by atoms with Gasteiger partial charge in [0.1, 0.15) is 29.6 Å². The number of rotatable bonds is 4. The predicted molar refractivity (Wildman–Crippen MR) is 125 cm³/mol. The minimum Gasteiger partial charge on any atom is -0.494 e. The summed E-state index contributed by atoms with van der Waals surface area (Å²) in [7, 11) is -1.87. The minimum atomic E-state index is -4.82. The predicted octanol–water partition coefficient (Wildman–Crippen LogP) is 4.77. The standard InChI is InChI=1S/C23H18F3N4O4P/c1-33-13-10-7-11-14-17(13)27-20(34-14)16-21(35(2,3)32)28-19-15(12-8-5-4-6-9-12)18(23(24,25)26)29-30(19)22(16)31/h4-11,29H,1-3H3. The molecule has 2 aromatic carbocycles. The second kappa shape index (κ2) is 7.84. The molecule has 0 aliphatic heterocycles. The van der Waals surface area contributed by atoms with Gasteiger partial charge in [-0.05, 0) is 31.0 Å². The van der Waals surface area contributed by atoms with Crippen molar-refractivity contribution < 1.29 is 26.9 Å². The molecule has 12 heteroatoms. The zero-order chi connectivity index (χ0) is 25.1. The van der Waals surface area contributed by atoms with Gasteiger partial charge in [0, 0.05) is 0 Å². The van der Waals surface area contributed by atoms with Gasteiger partial charge in [-0.3, -0.25) is 9.89 Å². The summed E-state index contributed by atoms with van der Waals surface area (Å²) in [6, 6.07) is 12.6. The lowest BCUT2D eigenvalue weighted by molar-refractivity contribution is -0.140. The van der Waals surface area contributed by atoms with Crippen LogP contribution < -0.4 is 15.7 Å². The zero-order valence-electron chi connectivity index (χ0n) is 18.7. The first-order valence-electron chi connectivity index (χ1n) is 10.3. The van der Waals surface area contributed by atoms with Crippen molar-refractivity contribution in [2.24, 2.45) is 0 Å². The summed E-state index contributed by atoms with van der Waals surface area (Å²) in [6.07, 6.45) is -4.82. The van der Waals surface area contributed by atoms with Crippen LogP contribution in [0.15, 0.2) is 57.7 Å². The fraction of sp³-hybridized carbons (Fsp3) is 0.174. The SMILES string of the molecule is COc1cccc2oc(-c3c(P(C)(C)=O)nc4c(-c5ccccc5)c(C(F)(F)F)[nH]n4c3=O)nc12. The van der Waals surface area contributed by atoms with Gasteiger partial charge in [-0.1, -0.05) is 36.4 Å². The van der Waals surface area contributed by atoms with Crippen molar-refractivity contribution in [1.29, 1.82) is 0 Å². The smallest absolute Gasteiger partial charge is 0.433 e. The highest BCUT2D eigenvalue weighted by Crippen LogP contribution is 2.41. The van der Waals surface area contributed by atoms with Crippen LogP contribution in [0.2, 0.25) is 0 Å². The Kier molecular flexibility index (Phi) is 5.14.